The second kappa shape index (κ2) is 5.24. The van der Waals surface area contributed by atoms with Crippen LogP contribution in [0.3, 0.4) is 0 Å². The fourth-order valence-electron chi connectivity index (χ4n) is 1.09. The topological polar surface area (TPSA) is 9.23 Å². The molecule has 0 aliphatic carbocycles. The van der Waals surface area contributed by atoms with E-state index in [-0.39, 0.29) is 15.5 Å². The Labute approximate surface area is 106 Å². The van der Waals surface area contributed by atoms with Crippen LogP contribution >= 0.6 is 23.2 Å². The Hall–Kier alpha value is -0.470. The van der Waals surface area contributed by atoms with Crippen molar-refractivity contribution in [2.75, 3.05) is 6.61 Å². The Morgan fingerprint density at radius 1 is 1.19 bits per heavy atom. The van der Waals surface area contributed by atoms with Crippen molar-refractivity contribution in [1.82, 2.24) is 0 Å². The van der Waals surface area contributed by atoms with Gasteiger partial charge >= 0.3 is 0 Å². The maximum atomic E-state index is 13.0. The lowest BCUT2D eigenvalue weighted by atomic mass is 9.93. The van der Waals surface area contributed by atoms with Crippen molar-refractivity contribution in [3.63, 3.8) is 0 Å². The summed E-state index contributed by atoms with van der Waals surface area (Å²) in [6.45, 7) is 6.89. The Bertz CT molecular complexity index is 372. The molecule has 0 saturated carbocycles. The van der Waals surface area contributed by atoms with E-state index in [9.17, 15) is 4.39 Å². The molecule has 0 aliphatic rings. The van der Waals surface area contributed by atoms with Crippen LogP contribution in [0.25, 0.3) is 0 Å². The first-order chi connectivity index (χ1) is 7.31. The summed E-state index contributed by atoms with van der Waals surface area (Å²) in [6.07, 6.45) is 0.887. The van der Waals surface area contributed by atoms with Crippen molar-refractivity contribution in [3.8, 4) is 5.75 Å². The van der Waals surface area contributed by atoms with Crippen LogP contribution in [0.15, 0.2) is 12.1 Å². The quantitative estimate of drug-likeness (QED) is 0.703. The second-order valence-electron chi connectivity index (χ2n) is 4.83. The molecular formula is C12H15Cl2FO. The molecule has 0 aromatic heterocycles. The van der Waals surface area contributed by atoms with E-state index in [1.807, 2.05) is 0 Å². The maximum Gasteiger partial charge on any atom is 0.143 e. The predicted molar refractivity (Wildman–Crippen MR) is 66.0 cm³/mol. The number of ether oxygens (including phenoxy) is 1. The summed E-state index contributed by atoms with van der Waals surface area (Å²) in [4.78, 5) is 0. The first-order valence-corrected chi connectivity index (χ1v) is 5.83. The normalized spacial score (nSPS) is 11.6. The molecule has 4 heteroatoms. The molecule has 0 spiro atoms. The van der Waals surface area contributed by atoms with Crippen LogP contribution < -0.4 is 4.74 Å². The molecule has 1 rings (SSSR count). The molecule has 0 fully saturated rings. The highest BCUT2D eigenvalue weighted by Crippen LogP contribution is 2.34. The first kappa shape index (κ1) is 13.6. The number of benzene rings is 1. The van der Waals surface area contributed by atoms with Crippen LogP contribution in [0.1, 0.15) is 27.2 Å². The van der Waals surface area contributed by atoms with Crippen molar-refractivity contribution >= 4 is 23.2 Å². The van der Waals surface area contributed by atoms with Crippen LogP contribution in [-0.2, 0) is 0 Å². The third kappa shape index (κ3) is 3.84. The molecule has 1 aromatic carbocycles. The number of halogens is 3. The summed E-state index contributed by atoms with van der Waals surface area (Å²) in [5.74, 6) is -0.104. The van der Waals surface area contributed by atoms with Crippen molar-refractivity contribution in [1.29, 1.82) is 0 Å². The van der Waals surface area contributed by atoms with Gasteiger partial charge in [0.15, 0.2) is 0 Å². The average molecular weight is 265 g/mol. The van der Waals surface area contributed by atoms with Gasteiger partial charge in [-0.05, 0) is 24.0 Å². The predicted octanol–water partition coefficient (Wildman–Crippen LogP) is 4.95. The van der Waals surface area contributed by atoms with E-state index in [0.29, 0.717) is 12.4 Å². The summed E-state index contributed by atoms with van der Waals surface area (Å²) in [6, 6.07) is 2.74. The summed E-state index contributed by atoms with van der Waals surface area (Å²) in [7, 11) is 0. The van der Waals surface area contributed by atoms with Crippen molar-refractivity contribution < 1.29 is 9.13 Å². The summed E-state index contributed by atoms with van der Waals surface area (Å²) >= 11 is 11.5. The highest BCUT2D eigenvalue weighted by Gasteiger charge is 2.13. The molecule has 0 heterocycles. The van der Waals surface area contributed by atoms with E-state index < -0.39 is 5.82 Å². The zero-order valence-electron chi connectivity index (χ0n) is 9.61. The molecule has 0 unspecified atom stereocenters. The van der Waals surface area contributed by atoms with Crippen LogP contribution in [0, 0.1) is 11.2 Å². The van der Waals surface area contributed by atoms with E-state index in [1.54, 1.807) is 0 Å². The maximum absolute atomic E-state index is 13.0. The van der Waals surface area contributed by atoms with Gasteiger partial charge in [0.1, 0.15) is 16.6 Å². The molecule has 0 radical (unpaired) electrons. The molecule has 0 amide bonds. The molecule has 1 nitrogen and oxygen atoms in total. The average Bonchev–Trinajstić information content (AvgIpc) is 2.16. The zero-order chi connectivity index (χ0) is 12.3. The molecule has 90 valence electrons. The van der Waals surface area contributed by atoms with E-state index in [1.165, 1.54) is 12.1 Å². The van der Waals surface area contributed by atoms with Gasteiger partial charge in [0.2, 0.25) is 0 Å². The standard InChI is InChI=1S/C12H15Cl2FO/c1-12(2,3)6-7-16-9-5-4-8(15)10(13)11(9)14/h4-5H,6-7H2,1-3H3. The Morgan fingerprint density at radius 2 is 1.81 bits per heavy atom. The highest BCUT2D eigenvalue weighted by atomic mass is 35.5. The molecule has 0 saturated heterocycles. The van der Waals surface area contributed by atoms with Gasteiger partial charge < -0.3 is 4.74 Å². The van der Waals surface area contributed by atoms with Crippen LogP contribution in [0.4, 0.5) is 4.39 Å². The van der Waals surface area contributed by atoms with Gasteiger partial charge in [-0.1, -0.05) is 44.0 Å². The molecule has 0 N–H and O–H groups in total. The minimum Gasteiger partial charge on any atom is -0.492 e. The van der Waals surface area contributed by atoms with Gasteiger partial charge in [0.05, 0.1) is 11.6 Å². The van der Waals surface area contributed by atoms with Gasteiger partial charge in [-0.15, -0.1) is 0 Å². The van der Waals surface area contributed by atoms with E-state index >= 15 is 0 Å². The smallest absolute Gasteiger partial charge is 0.143 e. The number of rotatable bonds is 3. The third-order valence-corrected chi connectivity index (χ3v) is 2.95. The molecular weight excluding hydrogens is 250 g/mol. The van der Waals surface area contributed by atoms with Gasteiger partial charge in [-0.25, -0.2) is 4.39 Å². The fourth-order valence-corrected chi connectivity index (χ4v) is 1.45. The lowest BCUT2D eigenvalue weighted by Crippen LogP contribution is -2.11. The van der Waals surface area contributed by atoms with Crippen LogP contribution in [0.2, 0.25) is 10.0 Å². The van der Waals surface area contributed by atoms with Crippen molar-refractivity contribution in [2.45, 2.75) is 27.2 Å². The van der Waals surface area contributed by atoms with Crippen LogP contribution in [0.5, 0.6) is 5.75 Å². The van der Waals surface area contributed by atoms with Gasteiger partial charge in [0, 0.05) is 0 Å². The van der Waals surface area contributed by atoms with E-state index in [0.717, 1.165) is 6.42 Å². The molecule has 16 heavy (non-hydrogen) atoms. The highest BCUT2D eigenvalue weighted by molar-refractivity contribution is 6.43. The minimum absolute atomic E-state index is 0.0880. The van der Waals surface area contributed by atoms with Gasteiger partial charge in [-0.2, -0.15) is 0 Å². The van der Waals surface area contributed by atoms with Crippen molar-refractivity contribution in [2.24, 2.45) is 5.41 Å². The van der Waals surface area contributed by atoms with Crippen molar-refractivity contribution in [3.05, 3.63) is 28.0 Å². The fraction of sp³-hybridized carbons (Fsp3) is 0.500. The third-order valence-electron chi connectivity index (χ3n) is 2.11. The molecule has 0 aliphatic heterocycles. The number of hydrogen-bond acceptors (Lipinski definition) is 1. The monoisotopic (exact) mass is 264 g/mol. The lowest BCUT2D eigenvalue weighted by Gasteiger charge is -2.18. The molecule has 0 atom stereocenters. The zero-order valence-corrected chi connectivity index (χ0v) is 11.1. The molecule has 1 aromatic rings. The SMILES string of the molecule is CC(C)(C)CCOc1ccc(F)c(Cl)c1Cl. The van der Waals surface area contributed by atoms with E-state index in [4.69, 9.17) is 27.9 Å². The summed E-state index contributed by atoms with van der Waals surface area (Å²) in [5.41, 5.74) is 0.191. The van der Waals surface area contributed by atoms with Gasteiger partial charge in [-0.3, -0.25) is 0 Å². The van der Waals surface area contributed by atoms with Crippen LogP contribution in [-0.4, -0.2) is 6.61 Å². The summed E-state index contributed by atoms with van der Waals surface area (Å²) in [5, 5.41) is 0.0468. The largest absolute Gasteiger partial charge is 0.492 e. The van der Waals surface area contributed by atoms with E-state index in [2.05, 4.69) is 20.8 Å². The Morgan fingerprint density at radius 3 is 2.38 bits per heavy atom. The molecule has 0 bridgehead atoms. The second-order valence-corrected chi connectivity index (χ2v) is 5.59. The lowest BCUT2D eigenvalue weighted by molar-refractivity contribution is 0.243. The summed E-state index contributed by atoms with van der Waals surface area (Å²) < 4.78 is 18.5. The first-order valence-electron chi connectivity index (χ1n) is 5.07. The number of hydrogen-bond donors (Lipinski definition) is 0. The Balaban J connectivity index is 2.65. The Kier molecular flexibility index (Phi) is 4.45. The minimum atomic E-state index is -0.533. The van der Waals surface area contributed by atoms with Gasteiger partial charge in [0.25, 0.3) is 0 Å².